The van der Waals surface area contributed by atoms with Crippen molar-refractivity contribution in [1.82, 2.24) is 0 Å². The van der Waals surface area contributed by atoms with Crippen LogP contribution in [0.3, 0.4) is 0 Å². The molecule has 0 saturated heterocycles. The van der Waals surface area contributed by atoms with Gasteiger partial charge in [0.1, 0.15) is 23.7 Å². The van der Waals surface area contributed by atoms with E-state index in [0.29, 0.717) is 6.61 Å². The molecule has 9 aromatic rings. The number of hydrogen-bond acceptors (Lipinski definition) is 2. The summed E-state index contributed by atoms with van der Waals surface area (Å²) in [4.78, 5) is 0. The molecule has 10 rings (SSSR count). The summed E-state index contributed by atoms with van der Waals surface area (Å²) in [6, 6.07) is 60.5. The predicted octanol–water partition coefficient (Wildman–Crippen LogP) is 13.0. The van der Waals surface area contributed by atoms with Crippen LogP contribution >= 0.6 is 0 Å². The number of ether oxygens (including phenoxy) is 1. The van der Waals surface area contributed by atoms with Crippen molar-refractivity contribution in [2.24, 2.45) is 0 Å². The summed E-state index contributed by atoms with van der Waals surface area (Å²) in [5.74, 6) is 1.82. The molecule has 1 aliphatic rings. The van der Waals surface area contributed by atoms with E-state index in [1.165, 1.54) is 49.4 Å². The molecule has 2 heterocycles. The monoisotopic (exact) mass is 626 g/mol. The summed E-state index contributed by atoms with van der Waals surface area (Å²) in [7, 11) is 0. The van der Waals surface area contributed by atoms with E-state index >= 15 is 0 Å². The highest BCUT2D eigenvalue weighted by Crippen LogP contribution is 2.50. The van der Waals surface area contributed by atoms with Gasteiger partial charge in [0, 0.05) is 22.1 Å². The molecule has 49 heavy (non-hydrogen) atoms. The Morgan fingerprint density at radius 3 is 1.67 bits per heavy atom. The lowest BCUT2D eigenvalue weighted by atomic mass is 9.82. The van der Waals surface area contributed by atoms with Gasteiger partial charge in [-0.2, -0.15) is 0 Å². The van der Waals surface area contributed by atoms with Crippen LogP contribution < -0.4 is 4.74 Å². The summed E-state index contributed by atoms with van der Waals surface area (Å²) in [6.07, 6.45) is 0. The van der Waals surface area contributed by atoms with Gasteiger partial charge in [0.2, 0.25) is 0 Å². The van der Waals surface area contributed by atoms with Crippen LogP contribution in [-0.2, 0) is 6.61 Å². The summed E-state index contributed by atoms with van der Waals surface area (Å²) in [5.41, 5.74) is 12.6. The van der Waals surface area contributed by atoms with Gasteiger partial charge in [0.25, 0.3) is 0 Å². The van der Waals surface area contributed by atoms with Crippen molar-refractivity contribution >= 4 is 32.5 Å². The maximum absolute atomic E-state index is 6.65. The third-order valence-electron chi connectivity index (χ3n) is 9.97. The molecule has 0 bridgehead atoms. The SMILES string of the molecule is c1ccc(-c2oc3ccc(-c4c5ccccc5c(-c5cccc6c5-c5ccccc5CO6)c5ccccc45)cc3c2-c2ccccc2)cc1. The molecular weight excluding hydrogens is 597 g/mol. The van der Waals surface area contributed by atoms with Crippen LogP contribution in [0.2, 0.25) is 0 Å². The van der Waals surface area contributed by atoms with Gasteiger partial charge in [-0.05, 0) is 78.7 Å². The second kappa shape index (κ2) is 11.1. The molecule has 0 radical (unpaired) electrons. The zero-order chi connectivity index (χ0) is 32.3. The van der Waals surface area contributed by atoms with Gasteiger partial charge >= 0.3 is 0 Å². The molecule has 0 amide bonds. The highest BCUT2D eigenvalue weighted by atomic mass is 16.5. The number of rotatable bonds is 4. The van der Waals surface area contributed by atoms with E-state index in [1.54, 1.807) is 0 Å². The van der Waals surface area contributed by atoms with Crippen LogP contribution in [0.15, 0.2) is 174 Å². The Kier molecular flexibility index (Phi) is 6.28. The fourth-order valence-electron chi connectivity index (χ4n) is 7.85. The van der Waals surface area contributed by atoms with Gasteiger partial charge in [-0.1, -0.05) is 152 Å². The minimum Gasteiger partial charge on any atom is -0.488 e. The number of benzene rings is 8. The minimum absolute atomic E-state index is 0.584. The van der Waals surface area contributed by atoms with Crippen molar-refractivity contribution in [1.29, 1.82) is 0 Å². The molecule has 0 spiro atoms. The average molecular weight is 627 g/mol. The zero-order valence-corrected chi connectivity index (χ0v) is 26.7. The molecule has 0 atom stereocenters. The quantitative estimate of drug-likeness (QED) is 0.181. The molecule has 0 saturated carbocycles. The smallest absolute Gasteiger partial charge is 0.143 e. The van der Waals surface area contributed by atoms with E-state index < -0.39 is 0 Å². The van der Waals surface area contributed by atoms with E-state index in [1.807, 2.05) is 6.07 Å². The molecule has 2 heteroatoms. The summed E-state index contributed by atoms with van der Waals surface area (Å²) in [6.45, 7) is 0.584. The zero-order valence-electron chi connectivity index (χ0n) is 26.7. The van der Waals surface area contributed by atoms with E-state index in [9.17, 15) is 0 Å². The van der Waals surface area contributed by atoms with Gasteiger partial charge in [-0.3, -0.25) is 0 Å². The number of hydrogen-bond donors (Lipinski definition) is 0. The summed E-state index contributed by atoms with van der Waals surface area (Å²) in [5, 5.41) is 5.96. The van der Waals surface area contributed by atoms with Gasteiger partial charge in [0.15, 0.2) is 0 Å². The first-order valence-electron chi connectivity index (χ1n) is 16.8. The van der Waals surface area contributed by atoms with Gasteiger partial charge in [-0.15, -0.1) is 0 Å². The van der Waals surface area contributed by atoms with Crippen LogP contribution in [0.1, 0.15) is 5.56 Å². The van der Waals surface area contributed by atoms with E-state index in [4.69, 9.17) is 9.15 Å². The van der Waals surface area contributed by atoms with Gasteiger partial charge in [0.05, 0.1) is 0 Å². The normalized spacial score (nSPS) is 12.2. The maximum atomic E-state index is 6.65. The molecule has 2 nitrogen and oxygen atoms in total. The second-order valence-corrected chi connectivity index (χ2v) is 12.7. The second-order valence-electron chi connectivity index (χ2n) is 12.7. The fourth-order valence-corrected chi connectivity index (χ4v) is 7.85. The van der Waals surface area contributed by atoms with E-state index in [2.05, 4.69) is 164 Å². The Bertz CT molecular complexity index is 2640. The third-order valence-corrected chi connectivity index (χ3v) is 9.97. The summed E-state index contributed by atoms with van der Waals surface area (Å²) < 4.78 is 13.0. The molecule has 0 aliphatic carbocycles. The highest BCUT2D eigenvalue weighted by Gasteiger charge is 2.25. The molecular formula is C47H30O2. The van der Waals surface area contributed by atoms with Crippen molar-refractivity contribution in [2.75, 3.05) is 0 Å². The Labute approximate surface area is 284 Å². The Morgan fingerprint density at radius 2 is 0.959 bits per heavy atom. The van der Waals surface area contributed by atoms with Crippen molar-refractivity contribution in [3.05, 3.63) is 175 Å². The number of fused-ring (bicyclic) bond motifs is 6. The van der Waals surface area contributed by atoms with Crippen molar-refractivity contribution in [3.8, 4) is 61.6 Å². The Hall–Kier alpha value is -6.38. The maximum Gasteiger partial charge on any atom is 0.143 e. The largest absolute Gasteiger partial charge is 0.488 e. The average Bonchev–Trinajstić information content (AvgIpc) is 3.56. The molecule has 230 valence electrons. The third kappa shape index (κ3) is 4.35. The molecule has 1 aliphatic heterocycles. The molecule has 0 N–H and O–H groups in total. The molecule has 0 unspecified atom stereocenters. The number of furan rings is 1. The minimum atomic E-state index is 0.584. The van der Waals surface area contributed by atoms with Crippen LogP contribution in [-0.4, -0.2) is 0 Å². The van der Waals surface area contributed by atoms with Crippen LogP contribution in [0.4, 0.5) is 0 Å². The predicted molar refractivity (Wildman–Crippen MR) is 203 cm³/mol. The lowest BCUT2D eigenvalue weighted by molar-refractivity contribution is 0.302. The van der Waals surface area contributed by atoms with Crippen LogP contribution in [0.25, 0.3) is 88.3 Å². The van der Waals surface area contributed by atoms with Crippen molar-refractivity contribution < 1.29 is 9.15 Å². The first-order valence-corrected chi connectivity index (χ1v) is 16.8. The Morgan fingerprint density at radius 1 is 0.367 bits per heavy atom. The van der Waals surface area contributed by atoms with Crippen LogP contribution in [0, 0.1) is 0 Å². The molecule has 8 aromatic carbocycles. The van der Waals surface area contributed by atoms with Crippen molar-refractivity contribution in [3.63, 3.8) is 0 Å². The Balaban J connectivity index is 1.27. The first kappa shape index (κ1) is 27.7. The fraction of sp³-hybridized carbons (Fsp3) is 0.0213. The summed E-state index contributed by atoms with van der Waals surface area (Å²) >= 11 is 0. The van der Waals surface area contributed by atoms with Crippen molar-refractivity contribution in [2.45, 2.75) is 6.61 Å². The van der Waals surface area contributed by atoms with Gasteiger partial charge < -0.3 is 9.15 Å². The molecule has 0 fully saturated rings. The standard InChI is InChI=1S/C47H30O2/c1-3-14-30(15-4-1)44-40-28-32(26-27-41(40)49-47(44)31-16-5-2-6-17-31)43-35-20-9-11-22-37(35)45(38-23-12-10-21-36(38)43)39-24-13-25-42-46(39)34-19-8-7-18-33(34)29-48-42/h1-28H,29H2. The lowest BCUT2D eigenvalue weighted by Gasteiger charge is -2.25. The first-order chi connectivity index (χ1) is 24.3. The highest BCUT2D eigenvalue weighted by molar-refractivity contribution is 6.23. The van der Waals surface area contributed by atoms with E-state index in [-0.39, 0.29) is 0 Å². The molecule has 1 aromatic heterocycles. The van der Waals surface area contributed by atoms with Gasteiger partial charge in [-0.25, -0.2) is 0 Å². The topological polar surface area (TPSA) is 22.4 Å². The van der Waals surface area contributed by atoms with Crippen LogP contribution in [0.5, 0.6) is 5.75 Å². The lowest BCUT2D eigenvalue weighted by Crippen LogP contribution is -2.06. The van der Waals surface area contributed by atoms with E-state index in [0.717, 1.165) is 50.3 Å².